The van der Waals surface area contributed by atoms with Gasteiger partial charge in [0, 0.05) is 6.54 Å². The predicted octanol–water partition coefficient (Wildman–Crippen LogP) is 0.480. The van der Waals surface area contributed by atoms with E-state index < -0.39 is 0 Å². The highest BCUT2D eigenvalue weighted by Crippen LogP contribution is 2.20. The molecule has 0 aromatic heterocycles. The number of hydrogen-bond donors (Lipinski definition) is 2. The van der Waals surface area contributed by atoms with Gasteiger partial charge in [-0.1, -0.05) is 6.07 Å². The molecule has 2 N–H and O–H groups in total. The first-order chi connectivity index (χ1) is 9.12. The van der Waals surface area contributed by atoms with Crippen molar-refractivity contribution in [1.29, 1.82) is 0 Å². The van der Waals surface area contributed by atoms with E-state index in [1.165, 1.54) is 14.2 Å². The molecule has 0 aliphatic rings. The van der Waals surface area contributed by atoms with E-state index >= 15 is 0 Å². The Bertz CT molecular complexity index is 458. The Morgan fingerprint density at radius 2 is 2.05 bits per heavy atom. The summed E-state index contributed by atoms with van der Waals surface area (Å²) in [5.41, 5.74) is 1.01. The first kappa shape index (κ1) is 15.0. The van der Waals surface area contributed by atoms with Gasteiger partial charge in [0.1, 0.15) is 5.75 Å². The highest BCUT2D eigenvalue weighted by Gasteiger charge is 2.12. The van der Waals surface area contributed by atoms with Gasteiger partial charge in [0.25, 0.3) is 5.91 Å². The van der Waals surface area contributed by atoms with Crippen LogP contribution in [0.25, 0.3) is 0 Å². The molecule has 0 fully saturated rings. The summed E-state index contributed by atoms with van der Waals surface area (Å²) in [4.78, 5) is 22.8. The summed E-state index contributed by atoms with van der Waals surface area (Å²) < 4.78 is 9.56. The quantitative estimate of drug-likeness (QED) is 0.732. The van der Waals surface area contributed by atoms with Crippen LogP contribution in [-0.4, -0.2) is 37.7 Å². The van der Waals surface area contributed by atoms with Crippen LogP contribution in [0.4, 0.5) is 0 Å². The molecule has 0 atom stereocenters. The summed E-state index contributed by atoms with van der Waals surface area (Å²) in [6.07, 6.45) is 0.110. The van der Waals surface area contributed by atoms with Gasteiger partial charge in [0.2, 0.25) is 0 Å². The van der Waals surface area contributed by atoms with E-state index in [2.05, 4.69) is 10.1 Å². The molecule has 0 unspecified atom stereocenters. The second kappa shape index (κ2) is 7.38. The zero-order valence-corrected chi connectivity index (χ0v) is 10.9. The Hall–Kier alpha value is -2.08. The second-order valence-electron chi connectivity index (χ2n) is 3.77. The summed E-state index contributed by atoms with van der Waals surface area (Å²) in [6, 6.07) is 4.80. The molecule has 0 saturated carbocycles. The van der Waals surface area contributed by atoms with Crippen LogP contribution < -0.4 is 10.1 Å². The van der Waals surface area contributed by atoms with Crippen molar-refractivity contribution in [2.75, 3.05) is 20.8 Å². The molecule has 104 valence electrons. The third kappa shape index (κ3) is 4.26. The fourth-order valence-electron chi connectivity index (χ4n) is 1.50. The highest BCUT2D eigenvalue weighted by molar-refractivity contribution is 5.97. The van der Waals surface area contributed by atoms with Crippen LogP contribution in [-0.2, 0) is 16.1 Å². The maximum Gasteiger partial charge on any atom is 0.307 e. The number of nitrogens with one attached hydrogen (secondary N) is 1. The molecule has 0 bridgehead atoms. The lowest BCUT2D eigenvalue weighted by molar-refractivity contribution is -0.140. The number of carbonyl (C=O) groups excluding carboxylic acids is 2. The minimum Gasteiger partial charge on any atom is -0.496 e. The second-order valence-corrected chi connectivity index (χ2v) is 3.77. The summed E-state index contributed by atoms with van der Waals surface area (Å²) >= 11 is 0. The van der Waals surface area contributed by atoms with Crippen LogP contribution in [0.15, 0.2) is 18.2 Å². The van der Waals surface area contributed by atoms with Gasteiger partial charge in [-0.05, 0) is 17.7 Å². The fraction of sp³-hybridized carbons (Fsp3) is 0.385. The summed E-state index contributed by atoms with van der Waals surface area (Å²) in [5.74, 6) is -0.352. The highest BCUT2D eigenvalue weighted by atomic mass is 16.5. The van der Waals surface area contributed by atoms with Crippen molar-refractivity contribution in [2.45, 2.75) is 13.0 Å². The van der Waals surface area contributed by atoms with E-state index in [1.807, 2.05) is 0 Å². The minimum absolute atomic E-state index is 0.110. The molecule has 6 heteroatoms. The van der Waals surface area contributed by atoms with Gasteiger partial charge in [0.05, 0.1) is 32.8 Å². The first-order valence-electron chi connectivity index (χ1n) is 5.75. The molecule has 0 spiro atoms. The lowest BCUT2D eigenvalue weighted by Gasteiger charge is -2.10. The average Bonchev–Trinajstić information content (AvgIpc) is 2.45. The third-order valence-corrected chi connectivity index (χ3v) is 2.54. The number of benzene rings is 1. The van der Waals surface area contributed by atoms with Crippen LogP contribution >= 0.6 is 0 Å². The molecule has 0 radical (unpaired) electrons. The van der Waals surface area contributed by atoms with E-state index in [9.17, 15) is 9.59 Å². The van der Waals surface area contributed by atoms with Gasteiger partial charge in [-0.15, -0.1) is 0 Å². The van der Waals surface area contributed by atoms with Crippen LogP contribution in [0.3, 0.4) is 0 Å². The number of esters is 1. The minimum atomic E-state index is -0.386. The Balaban J connectivity index is 2.68. The number of rotatable bonds is 6. The van der Waals surface area contributed by atoms with Crippen molar-refractivity contribution in [2.24, 2.45) is 0 Å². The van der Waals surface area contributed by atoms with Crippen LogP contribution in [0, 0.1) is 0 Å². The molecule has 0 saturated heterocycles. The van der Waals surface area contributed by atoms with E-state index in [0.717, 1.165) is 0 Å². The van der Waals surface area contributed by atoms with E-state index in [-0.39, 0.29) is 31.4 Å². The van der Waals surface area contributed by atoms with Crippen LogP contribution in [0.2, 0.25) is 0 Å². The average molecular weight is 267 g/mol. The summed E-state index contributed by atoms with van der Waals surface area (Å²) in [7, 11) is 2.74. The molecule has 1 aromatic carbocycles. The van der Waals surface area contributed by atoms with Crippen molar-refractivity contribution >= 4 is 11.9 Å². The lowest BCUT2D eigenvalue weighted by atomic mass is 10.1. The zero-order chi connectivity index (χ0) is 14.3. The molecule has 1 aromatic rings. The van der Waals surface area contributed by atoms with Gasteiger partial charge in [-0.25, -0.2) is 0 Å². The van der Waals surface area contributed by atoms with E-state index in [0.29, 0.717) is 16.9 Å². The molecular formula is C13H17NO5. The maximum absolute atomic E-state index is 11.9. The smallest absolute Gasteiger partial charge is 0.307 e. The fourth-order valence-corrected chi connectivity index (χ4v) is 1.50. The molecule has 0 aliphatic heterocycles. The van der Waals surface area contributed by atoms with Gasteiger partial charge < -0.3 is 19.9 Å². The number of aliphatic hydroxyl groups excluding tert-OH is 1. The van der Waals surface area contributed by atoms with Crippen molar-refractivity contribution in [1.82, 2.24) is 5.32 Å². The summed E-state index contributed by atoms with van der Waals surface area (Å²) in [6.45, 7) is 0.0665. The van der Waals surface area contributed by atoms with Crippen molar-refractivity contribution in [3.63, 3.8) is 0 Å². The van der Waals surface area contributed by atoms with Gasteiger partial charge in [-0.2, -0.15) is 0 Å². The molecular weight excluding hydrogens is 250 g/mol. The standard InChI is InChI=1S/C13H17NO5/c1-18-11-7-9(8-15)3-4-10(11)13(17)14-6-5-12(16)19-2/h3-4,7,15H,5-6,8H2,1-2H3,(H,14,17). The Morgan fingerprint density at radius 3 is 2.63 bits per heavy atom. The number of methoxy groups -OCH3 is 2. The largest absolute Gasteiger partial charge is 0.496 e. The lowest BCUT2D eigenvalue weighted by Crippen LogP contribution is -2.26. The number of amides is 1. The Kier molecular flexibility index (Phi) is 5.81. The SMILES string of the molecule is COC(=O)CCNC(=O)c1ccc(CO)cc1OC. The number of aliphatic hydroxyl groups is 1. The normalized spacial score (nSPS) is 9.84. The van der Waals surface area contributed by atoms with Crippen LogP contribution in [0.5, 0.6) is 5.75 Å². The third-order valence-electron chi connectivity index (χ3n) is 2.54. The van der Waals surface area contributed by atoms with Crippen molar-refractivity contribution < 1.29 is 24.2 Å². The number of ether oxygens (including phenoxy) is 2. The topological polar surface area (TPSA) is 84.9 Å². The molecule has 1 amide bonds. The molecule has 0 heterocycles. The zero-order valence-electron chi connectivity index (χ0n) is 10.9. The van der Waals surface area contributed by atoms with E-state index in [4.69, 9.17) is 9.84 Å². The van der Waals surface area contributed by atoms with Gasteiger partial charge >= 0.3 is 5.97 Å². The Labute approximate surface area is 111 Å². The number of hydrogen-bond acceptors (Lipinski definition) is 5. The number of carbonyl (C=O) groups is 2. The molecule has 1 rings (SSSR count). The molecule has 19 heavy (non-hydrogen) atoms. The maximum atomic E-state index is 11.9. The van der Waals surface area contributed by atoms with Crippen LogP contribution in [0.1, 0.15) is 22.3 Å². The predicted molar refractivity (Wildman–Crippen MR) is 67.9 cm³/mol. The van der Waals surface area contributed by atoms with E-state index in [1.54, 1.807) is 18.2 Å². The monoisotopic (exact) mass is 267 g/mol. The first-order valence-corrected chi connectivity index (χ1v) is 5.75. The van der Waals surface area contributed by atoms with Crippen molar-refractivity contribution in [3.05, 3.63) is 29.3 Å². The van der Waals surface area contributed by atoms with Gasteiger partial charge in [0.15, 0.2) is 0 Å². The van der Waals surface area contributed by atoms with Gasteiger partial charge in [-0.3, -0.25) is 9.59 Å². The Morgan fingerprint density at radius 1 is 1.32 bits per heavy atom. The summed E-state index contributed by atoms with van der Waals surface area (Å²) in [5, 5.41) is 11.6. The molecule has 6 nitrogen and oxygen atoms in total. The van der Waals surface area contributed by atoms with Crippen molar-refractivity contribution in [3.8, 4) is 5.75 Å². The molecule has 0 aliphatic carbocycles.